The van der Waals surface area contributed by atoms with Crippen molar-refractivity contribution >= 4 is 43.4 Å². The van der Waals surface area contributed by atoms with Crippen molar-refractivity contribution in [3.05, 3.63) is 59.7 Å². The Morgan fingerprint density at radius 2 is 0.938 bits per heavy atom. The lowest BCUT2D eigenvalue weighted by Crippen LogP contribution is -2.38. The number of fused-ring (bicyclic) bond motifs is 2. The number of hydrogen-bond donors (Lipinski definition) is 0. The van der Waals surface area contributed by atoms with Gasteiger partial charge in [-0.05, 0) is 75.6 Å². The molecule has 2 saturated heterocycles. The van der Waals surface area contributed by atoms with Crippen LogP contribution in [0, 0.1) is 49.4 Å². The Morgan fingerprint density at radius 3 is 1.25 bits per heavy atom. The fraction of sp³-hybridized carbons (Fsp3) is 0.556. The lowest BCUT2D eigenvalue weighted by Gasteiger charge is -2.30. The molecule has 4 aliphatic rings. The number of amides is 2. The quantitative estimate of drug-likeness (QED) is 0.372. The summed E-state index contributed by atoms with van der Waals surface area (Å²) in [5, 5.41) is 0. The second kappa shape index (κ2) is 14.2. The third-order valence-corrected chi connectivity index (χ3v) is 14.2. The third-order valence-electron chi connectivity index (χ3n) is 10.7. The Morgan fingerprint density at radius 1 is 0.604 bits per heavy atom. The maximum atomic E-state index is 12.9. The van der Waals surface area contributed by atoms with Crippen molar-refractivity contribution in [2.75, 3.05) is 13.1 Å². The normalized spacial score (nSPS) is 27.2. The SMILES string of the molecule is CCC(=O)[C@H]1CCC[C@H]2CN(S(=O)(=O)c3ccc(C)cc3)C(=O)[C@H]21.CCC(=O)[C@H]1CCC[C@H]2CN(S(=O)(=O)c3ccc(C)cc3)C(=O)[C@H]21. The van der Waals surface area contributed by atoms with E-state index in [2.05, 4.69) is 0 Å². The highest BCUT2D eigenvalue weighted by Gasteiger charge is 2.53. The number of carbonyl (C=O) groups is 4. The van der Waals surface area contributed by atoms with Gasteiger partial charge in [-0.15, -0.1) is 0 Å². The molecule has 2 aliphatic carbocycles. The van der Waals surface area contributed by atoms with E-state index in [1.807, 2.05) is 13.8 Å². The lowest BCUT2D eigenvalue weighted by atomic mass is 9.71. The molecule has 0 aromatic heterocycles. The Labute approximate surface area is 284 Å². The summed E-state index contributed by atoms with van der Waals surface area (Å²) in [5.74, 6) is -2.28. The van der Waals surface area contributed by atoms with Gasteiger partial charge in [0.05, 0.1) is 21.6 Å². The molecule has 2 heterocycles. The van der Waals surface area contributed by atoms with E-state index in [4.69, 9.17) is 0 Å². The molecular weight excluding hydrogens is 653 g/mol. The highest BCUT2D eigenvalue weighted by atomic mass is 32.2. The lowest BCUT2D eigenvalue weighted by molar-refractivity contribution is -0.136. The molecule has 6 rings (SSSR count). The zero-order valence-electron chi connectivity index (χ0n) is 28.1. The summed E-state index contributed by atoms with van der Waals surface area (Å²) in [6.07, 6.45) is 5.55. The first-order chi connectivity index (χ1) is 22.7. The van der Waals surface area contributed by atoms with E-state index in [0.717, 1.165) is 45.4 Å². The zero-order chi connectivity index (χ0) is 35.0. The Bertz CT molecular complexity index is 1640. The fourth-order valence-corrected chi connectivity index (χ4v) is 11.0. The second-order valence-corrected chi connectivity index (χ2v) is 17.4. The molecule has 48 heavy (non-hydrogen) atoms. The predicted molar refractivity (Wildman–Crippen MR) is 179 cm³/mol. The average Bonchev–Trinajstić information content (AvgIpc) is 3.62. The van der Waals surface area contributed by atoms with E-state index in [-0.39, 0.29) is 58.1 Å². The molecule has 2 aromatic carbocycles. The smallest absolute Gasteiger partial charge is 0.266 e. The molecule has 0 radical (unpaired) electrons. The van der Waals surface area contributed by atoms with E-state index >= 15 is 0 Å². The van der Waals surface area contributed by atoms with Gasteiger partial charge < -0.3 is 0 Å². The number of sulfonamides is 2. The number of Topliss-reactive ketones (excluding diaryl/α,β-unsaturated/α-hetero) is 2. The van der Waals surface area contributed by atoms with Gasteiger partial charge in [-0.25, -0.2) is 25.4 Å². The number of hydrogen-bond acceptors (Lipinski definition) is 8. The van der Waals surface area contributed by atoms with Crippen molar-refractivity contribution < 1.29 is 36.0 Å². The van der Waals surface area contributed by atoms with Crippen molar-refractivity contribution in [1.82, 2.24) is 8.61 Å². The highest BCUT2D eigenvalue weighted by Crippen LogP contribution is 2.44. The van der Waals surface area contributed by atoms with Gasteiger partial charge >= 0.3 is 0 Å². The van der Waals surface area contributed by atoms with Crippen molar-refractivity contribution in [2.45, 2.75) is 88.9 Å². The van der Waals surface area contributed by atoms with E-state index in [1.54, 1.807) is 38.1 Å². The van der Waals surface area contributed by atoms with Crippen LogP contribution in [0.15, 0.2) is 58.3 Å². The van der Waals surface area contributed by atoms with Crippen LogP contribution in [0.3, 0.4) is 0 Å². The van der Waals surface area contributed by atoms with Gasteiger partial charge in [-0.3, -0.25) is 19.2 Å². The van der Waals surface area contributed by atoms with Gasteiger partial charge in [0.15, 0.2) is 0 Å². The summed E-state index contributed by atoms with van der Waals surface area (Å²) in [5.41, 5.74) is 1.92. The minimum atomic E-state index is -3.85. The van der Waals surface area contributed by atoms with E-state index in [0.29, 0.717) is 25.7 Å². The van der Waals surface area contributed by atoms with Crippen LogP contribution in [0.25, 0.3) is 0 Å². The maximum absolute atomic E-state index is 12.9. The standard InChI is InChI=1S/2C18H23NO4S/c2*1-3-16(20)15-6-4-5-13-11-19(18(21)17(13)15)24(22,23)14-9-7-12(2)8-10-14/h2*7-10,13,15,17H,3-6,11H2,1-2H3/t2*13-,15+,17+/m00/s1. The molecule has 2 saturated carbocycles. The van der Waals surface area contributed by atoms with Gasteiger partial charge in [0.1, 0.15) is 11.6 Å². The van der Waals surface area contributed by atoms with Gasteiger partial charge in [-0.2, -0.15) is 0 Å². The minimum absolute atomic E-state index is 0.0352. The van der Waals surface area contributed by atoms with Crippen LogP contribution >= 0.6 is 0 Å². The first-order valence-electron chi connectivity index (χ1n) is 17.0. The Balaban J connectivity index is 0.000000188. The average molecular weight is 699 g/mol. The molecule has 6 atom stereocenters. The predicted octanol–water partition coefficient (Wildman–Crippen LogP) is 5.08. The summed E-state index contributed by atoms with van der Waals surface area (Å²) in [4.78, 5) is 50.4. The molecular formula is C36H46N2O8S2. The maximum Gasteiger partial charge on any atom is 0.266 e. The zero-order valence-corrected chi connectivity index (χ0v) is 29.8. The van der Waals surface area contributed by atoms with E-state index in [9.17, 15) is 36.0 Å². The molecule has 2 aliphatic heterocycles. The number of carbonyl (C=O) groups excluding carboxylic acids is 4. The number of rotatable bonds is 8. The minimum Gasteiger partial charge on any atom is -0.299 e. The third kappa shape index (κ3) is 6.75. The van der Waals surface area contributed by atoms with Gasteiger partial charge in [0.25, 0.3) is 20.0 Å². The summed E-state index contributed by atoms with van der Waals surface area (Å²) in [6, 6.07) is 13.0. The van der Waals surface area contributed by atoms with E-state index in [1.165, 1.54) is 24.3 Å². The fourth-order valence-electron chi connectivity index (χ4n) is 8.03. The summed E-state index contributed by atoms with van der Waals surface area (Å²) in [7, 11) is -7.69. The van der Waals surface area contributed by atoms with Crippen LogP contribution in [-0.4, -0.2) is 61.9 Å². The topological polar surface area (TPSA) is 143 Å². The second-order valence-electron chi connectivity index (χ2n) is 13.7. The number of benzene rings is 2. The van der Waals surface area contributed by atoms with Crippen molar-refractivity contribution in [2.24, 2.45) is 35.5 Å². The molecule has 0 N–H and O–H groups in total. The monoisotopic (exact) mass is 698 g/mol. The summed E-state index contributed by atoms with van der Waals surface area (Å²) >= 11 is 0. The van der Waals surface area contributed by atoms with E-state index < -0.39 is 43.7 Å². The van der Waals surface area contributed by atoms with Crippen LogP contribution < -0.4 is 0 Å². The van der Waals surface area contributed by atoms with Crippen LogP contribution in [0.2, 0.25) is 0 Å². The molecule has 12 heteroatoms. The van der Waals surface area contributed by atoms with Crippen molar-refractivity contribution in [1.29, 1.82) is 0 Å². The van der Waals surface area contributed by atoms with Gasteiger partial charge in [0.2, 0.25) is 11.8 Å². The van der Waals surface area contributed by atoms with Crippen LogP contribution in [0.1, 0.15) is 76.3 Å². The van der Waals surface area contributed by atoms with Crippen molar-refractivity contribution in [3.8, 4) is 0 Å². The summed E-state index contributed by atoms with van der Waals surface area (Å²) in [6.45, 7) is 7.76. The molecule has 2 amide bonds. The molecule has 0 unspecified atom stereocenters. The van der Waals surface area contributed by atoms with Crippen LogP contribution in [-0.2, 0) is 39.2 Å². The molecule has 0 spiro atoms. The molecule has 4 fully saturated rings. The molecule has 10 nitrogen and oxygen atoms in total. The molecule has 260 valence electrons. The molecule has 0 bridgehead atoms. The number of nitrogens with zero attached hydrogens (tertiary/aromatic N) is 2. The number of ketones is 2. The van der Waals surface area contributed by atoms with Crippen LogP contribution in [0.5, 0.6) is 0 Å². The highest BCUT2D eigenvalue weighted by molar-refractivity contribution is 7.90. The molecule has 2 aromatic rings. The first kappa shape index (κ1) is 35.9. The van der Waals surface area contributed by atoms with Crippen LogP contribution in [0.4, 0.5) is 0 Å². The Kier molecular flexibility index (Phi) is 10.6. The first-order valence-corrected chi connectivity index (χ1v) is 19.9. The largest absolute Gasteiger partial charge is 0.299 e. The van der Waals surface area contributed by atoms with Gasteiger partial charge in [0, 0.05) is 37.8 Å². The Hall–Kier alpha value is -3.38. The van der Waals surface area contributed by atoms with Gasteiger partial charge in [-0.1, -0.05) is 62.1 Å². The number of aryl methyl sites for hydroxylation is 2. The summed E-state index contributed by atoms with van der Waals surface area (Å²) < 4.78 is 53.5. The van der Waals surface area contributed by atoms with Crippen molar-refractivity contribution in [3.63, 3.8) is 0 Å².